The van der Waals surface area contributed by atoms with Crippen LogP contribution in [0.1, 0.15) is 19.4 Å². The lowest BCUT2D eigenvalue weighted by atomic mass is 10.2. The molecule has 140 valence electrons. The van der Waals surface area contributed by atoms with E-state index in [1.54, 1.807) is 34.9 Å². The van der Waals surface area contributed by atoms with Crippen molar-refractivity contribution < 1.29 is 4.92 Å². The Labute approximate surface area is 165 Å². The number of thioether (sulfide) groups is 1. The van der Waals surface area contributed by atoms with E-state index in [1.807, 2.05) is 13.8 Å². The number of aromatic nitrogens is 2. The van der Waals surface area contributed by atoms with Gasteiger partial charge in [-0.25, -0.2) is 4.98 Å². The van der Waals surface area contributed by atoms with Crippen LogP contribution < -0.4 is 5.56 Å². The molecule has 0 aliphatic rings. The van der Waals surface area contributed by atoms with Crippen molar-refractivity contribution in [2.75, 3.05) is 0 Å². The maximum atomic E-state index is 12.9. The summed E-state index contributed by atoms with van der Waals surface area (Å²) in [5.41, 5.74) is 1.45. The molecular weight excluding hydrogens is 386 g/mol. The molecule has 0 saturated carbocycles. The molecule has 0 bridgehead atoms. The van der Waals surface area contributed by atoms with Crippen molar-refractivity contribution in [3.8, 4) is 0 Å². The van der Waals surface area contributed by atoms with Gasteiger partial charge in [0, 0.05) is 29.5 Å². The molecule has 6 nitrogen and oxygen atoms in total. The average molecular weight is 404 g/mol. The second-order valence-corrected chi connectivity index (χ2v) is 7.96. The van der Waals surface area contributed by atoms with Gasteiger partial charge in [-0.3, -0.25) is 19.5 Å². The second kappa shape index (κ2) is 8.10. The van der Waals surface area contributed by atoms with Crippen LogP contribution in [0.25, 0.3) is 10.9 Å². The first-order chi connectivity index (χ1) is 12.8. The Morgan fingerprint density at radius 3 is 2.56 bits per heavy atom. The van der Waals surface area contributed by atoms with Gasteiger partial charge in [0.15, 0.2) is 5.16 Å². The minimum atomic E-state index is -0.425. The van der Waals surface area contributed by atoms with Crippen molar-refractivity contribution in [1.29, 1.82) is 0 Å². The van der Waals surface area contributed by atoms with Crippen molar-refractivity contribution in [3.05, 3.63) is 73.5 Å². The highest BCUT2D eigenvalue weighted by atomic mass is 35.5. The van der Waals surface area contributed by atoms with Gasteiger partial charge < -0.3 is 0 Å². The van der Waals surface area contributed by atoms with Gasteiger partial charge >= 0.3 is 0 Å². The largest absolute Gasteiger partial charge is 0.287 e. The maximum Gasteiger partial charge on any atom is 0.269 e. The lowest BCUT2D eigenvalue weighted by Crippen LogP contribution is -2.25. The molecule has 1 heterocycles. The number of halogens is 1. The quantitative estimate of drug-likeness (QED) is 0.253. The first-order valence-electron chi connectivity index (χ1n) is 8.41. The lowest BCUT2D eigenvalue weighted by molar-refractivity contribution is -0.384. The fourth-order valence-corrected chi connectivity index (χ4v) is 3.80. The molecule has 1 aromatic heterocycles. The van der Waals surface area contributed by atoms with Crippen molar-refractivity contribution >= 4 is 40.0 Å². The van der Waals surface area contributed by atoms with Gasteiger partial charge in [-0.1, -0.05) is 49.3 Å². The monoisotopic (exact) mass is 403 g/mol. The SMILES string of the molecule is CC(C)Cn1c(SCc2ccc([N+](=O)[O-])cc2)nc2cc(Cl)ccc2c1=O. The summed E-state index contributed by atoms with van der Waals surface area (Å²) in [6, 6.07) is 11.5. The molecule has 0 atom stereocenters. The summed E-state index contributed by atoms with van der Waals surface area (Å²) in [5, 5.41) is 12.5. The predicted molar refractivity (Wildman–Crippen MR) is 109 cm³/mol. The molecule has 2 aromatic carbocycles. The van der Waals surface area contributed by atoms with Crippen LogP contribution in [0.15, 0.2) is 52.4 Å². The number of nitrogens with zero attached hydrogens (tertiary/aromatic N) is 3. The first kappa shape index (κ1) is 19.4. The van der Waals surface area contributed by atoms with Crippen molar-refractivity contribution in [2.45, 2.75) is 31.3 Å². The highest BCUT2D eigenvalue weighted by Crippen LogP contribution is 2.25. The second-order valence-electron chi connectivity index (χ2n) is 6.58. The molecule has 0 amide bonds. The third-order valence-electron chi connectivity index (χ3n) is 3.95. The van der Waals surface area contributed by atoms with Crippen molar-refractivity contribution in [3.63, 3.8) is 0 Å². The van der Waals surface area contributed by atoms with Gasteiger partial charge in [0.2, 0.25) is 0 Å². The summed E-state index contributed by atoms with van der Waals surface area (Å²) in [6.45, 7) is 4.65. The van der Waals surface area contributed by atoms with Gasteiger partial charge in [0.05, 0.1) is 15.8 Å². The molecule has 3 aromatic rings. The molecule has 0 fully saturated rings. The fraction of sp³-hybridized carbons (Fsp3) is 0.263. The zero-order valence-electron chi connectivity index (χ0n) is 14.9. The minimum absolute atomic E-state index is 0.0546. The molecule has 0 aliphatic heterocycles. The van der Waals surface area contributed by atoms with Gasteiger partial charge in [0.25, 0.3) is 11.2 Å². The van der Waals surface area contributed by atoms with Crippen LogP contribution in [0.3, 0.4) is 0 Å². The van der Waals surface area contributed by atoms with Gasteiger partial charge in [0.1, 0.15) is 0 Å². The Balaban J connectivity index is 1.96. The van der Waals surface area contributed by atoms with Gasteiger partial charge in [-0.15, -0.1) is 0 Å². The standard InChI is InChI=1S/C19H18ClN3O3S/c1-12(2)10-22-18(24)16-8-5-14(20)9-17(16)21-19(22)27-11-13-3-6-15(7-4-13)23(25)26/h3-9,12H,10-11H2,1-2H3. The van der Waals surface area contributed by atoms with E-state index in [4.69, 9.17) is 11.6 Å². The molecule has 27 heavy (non-hydrogen) atoms. The van der Waals surface area contributed by atoms with Gasteiger partial charge in [-0.2, -0.15) is 0 Å². The molecule has 3 rings (SSSR count). The zero-order chi connectivity index (χ0) is 19.6. The summed E-state index contributed by atoms with van der Waals surface area (Å²) in [4.78, 5) is 27.9. The average Bonchev–Trinajstić information content (AvgIpc) is 2.62. The predicted octanol–water partition coefficient (Wildman–Crippen LogP) is 4.91. The Kier molecular flexibility index (Phi) is 5.82. The number of fused-ring (bicyclic) bond motifs is 1. The van der Waals surface area contributed by atoms with Crippen LogP contribution in [0.5, 0.6) is 0 Å². The Morgan fingerprint density at radius 2 is 1.93 bits per heavy atom. The summed E-state index contributed by atoms with van der Waals surface area (Å²) in [5.74, 6) is 0.835. The molecule has 0 spiro atoms. The Morgan fingerprint density at radius 1 is 1.22 bits per heavy atom. The van der Waals surface area contributed by atoms with E-state index in [-0.39, 0.29) is 17.2 Å². The number of nitro groups is 1. The smallest absolute Gasteiger partial charge is 0.269 e. The van der Waals surface area contributed by atoms with Crippen molar-refractivity contribution in [2.24, 2.45) is 5.92 Å². The lowest BCUT2D eigenvalue weighted by Gasteiger charge is -2.15. The third-order valence-corrected chi connectivity index (χ3v) is 5.23. The highest BCUT2D eigenvalue weighted by Gasteiger charge is 2.14. The third kappa shape index (κ3) is 4.48. The van der Waals surface area contributed by atoms with Gasteiger partial charge in [-0.05, 0) is 29.7 Å². The van der Waals surface area contributed by atoms with E-state index in [1.165, 1.54) is 23.9 Å². The fourth-order valence-electron chi connectivity index (χ4n) is 2.67. The number of non-ortho nitro benzene ring substituents is 1. The van der Waals surface area contributed by atoms with Crippen LogP contribution >= 0.6 is 23.4 Å². The minimum Gasteiger partial charge on any atom is -0.287 e. The number of rotatable bonds is 6. The molecule has 0 saturated heterocycles. The highest BCUT2D eigenvalue weighted by molar-refractivity contribution is 7.98. The van der Waals surface area contributed by atoms with E-state index < -0.39 is 4.92 Å². The number of hydrogen-bond acceptors (Lipinski definition) is 5. The van der Waals surface area contributed by atoms with Crippen LogP contribution in [0.2, 0.25) is 5.02 Å². The molecule has 0 unspecified atom stereocenters. The summed E-state index contributed by atoms with van der Waals surface area (Å²) in [6.07, 6.45) is 0. The van der Waals surface area contributed by atoms with Crippen LogP contribution in [-0.4, -0.2) is 14.5 Å². The summed E-state index contributed by atoms with van der Waals surface area (Å²) < 4.78 is 1.69. The molecule has 0 N–H and O–H groups in total. The molecule has 0 radical (unpaired) electrons. The Bertz CT molecular complexity index is 1050. The van der Waals surface area contributed by atoms with Crippen LogP contribution in [0.4, 0.5) is 5.69 Å². The maximum absolute atomic E-state index is 12.9. The van der Waals surface area contributed by atoms with E-state index in [0.29, 0.717) is 33.4 Å². The van der Waals surface area contributed by atoms with E-state index in [2.05, 4.69) is 4.98 Å². The zero-order valence-corrected chi connectivity index (χ0v) is 16.5. The van der Waals surface area contributed by atoms with E-state index in [0.717, 1.165) is 5.56 Å². The Hall–Kier alpha value is -2.38. The summed E-state index contributed by atoms with van der Waals surface area (Å²) in [7, 11) is 0. The molecule has 0 aliphatic carbocycles. The molecular formula is C19H18ClN3O3S. The number of benzene rings is 2. The van der Waals surface area contributed by atoms with Crippen molar-refractivity contribution in [1.82, 2.24) is 9.55 Å². The normalized spacial score (nSPS) is 11.3. The van der Waals surface area contributed by atoms with Crippen LogP contribution in [-0.2, 0) is 12.3 Å². The number of nitro benzene ring substituents is 1. The first-order valence-corrected chi connectivity index (χ1v) is 9.77. The topological polar surface area (TPSA) is 78.0 Å². The molecule has 8 heteroatoms. The van der Waals surface area contributed by atoms with Crippen LogP contribution in [0, 0.1) is 16.0 Å². The van der Waals surface area contributed by atoms with E-state index in [9.17, 15) is 14.9 Å². The van der Waals surface area contributed by atoms with E-state index >= 15 is 0 Å². The number of hydrogen-bond donors (Lipinski definition) is 0. The summed E-state index contributed by atoms with van der Waals surface area (Å²) >= 11 is 7.48.